The van der Waals surface area contributed by atoms with E-state index in [1.54, 1.807) is 0 Å². The van der Waals surface area contributed by atoms with Crippen LogP contribution >= 0.6 is 0 Å². The first-order chi connectivity index (χ1) is 16.1. The van der Waals surface area contributed by atoms with Crippen molar-refractivity contribution < 1.29 is 4.74 Å². The van der Waals surface area contributed by atoms with Gasteiger partial charge in [0.05, 0.1) is 0 Å². The highest BCUT2D eigenvalue weighted by Gasteiger charge is 2.30. The average molecular weight is 435 g/mol. The summed E-state index contributed by atoms with van der Waals surface area (Å²) in [6.07, 6.45) is 1.88. The largest absolute Gasteiger partial charge is 0.381 e. The van der Waals surface area contributed by atoms with Crippen molar-refractivity contribution in [3.05, 3.63) is 144 Å². The van der Waals surface area contributed by atoms with Gasteiger partial charge >= 0.3 is 0 Å². The molecule has 0 saturated heterocycles. The molecular formula is C32H34O. The number of hydrogen-bond acceptors (Lipinski definition) is 1. The summed E-state index contributed by atoms with van der Waals surface area (Å²) in [7, 11) is 0. The molecule has 0 N–H and O–H groups in total. The minimum atomic E-state index is -0.0787. The Labute approximate surface area is 199 Å². The lowest BCUT2D eigenvalue weighted by Gasteiger charge is -2.33. The van der Waals surface area contributed by atoms with Crippen molar-refractivity contribution in [3.8, 4) is 0 Å². The Morgan fingerprint density at radius 2 is 0.667 bits per heavy atom. The molecule has 4 rings (SSSR count). The Balaban J connectivity index is 1.45. The molecule has 4 aromatic carbocycles. The van der Waals surface area contributed by atoms with Gasteiger partial charge in [0.1, 0.15) is 0 Å². The molecule has 0 fully saturated rings. The van der Waals surface area contributed by atoms with Gasteiger partial charge in [-0.3, -0.25) is 0 Å². The van der Waals surface area contributed by atoms with Gasteiger partial charge < -0.3 is 4.74 Å². The fourth-order valence-corrected chi connectivity index (χ4v) is 4.79. The Bertz CT molecular complexity index is 918. The molecule has 0 bridgehead atoms. The zero-order valence-electron chi connectivity index (χ0n) is 19.8. The number of benzene rings is 4. The zero-order valence-corrected chi connectivity index (χ0v) is 19.8. The van der Waals surface area contributed by atoms with Crippen LogP contribution in [-0.4, -0.2) is 13.2 Å². The van der Waals surface area contributed by atoms with Crippen molar-refractivity contribution in [1.82, 2.24) is 0 Å². The maximum absolute atomic E-state index is 6.31. The molecular weight excluding hydrogens is 400 g/mol. The van der Waals surface area contributed by atoms with E-state index < -0.39 is 0 Å². The van der Waals surface area contributed by atoms with Crippen LogP contribution in [-0.2, 0) is 15.6 Å². The lowest BCUT2D eigenvalue weighted by molar-refractivity contribution is 0.108. The molecule has 33 heavy (non-hydrogen) atoms. The van der Waals surface area contributed by atoms with Crippen molar-refractivity contribution in [2.24, 2.45) is 0 Å². The molecule has 0 aromatic heterocycles. The second-order valence-electron chi connectivity index (χ2n) is 9.24. The highest BCUT2D eigenvalue weighted by molar-refractivity contribution is 5.39. The molecule has 1 nitrogen and oxygen atoms in total. The number of hydrogen-bond donors (Lipinski definition) is 0. The Hall–Kier alpha value is -3.16. The first-order valence-corrected chi connectivity index (χ1v) is 11.9. The van der Waals surface area contributed by atoms with E-state index in [4.69, 9.17) is 4.74 Å². The fourth-order valence-electron chi connectivity index (χ4n) is 4.79. The highest BCUT2D eigenvalue weighted by atomic mass is 16.5. The molecule has 0 radical (unpaired) electrons. The molecule has 0 aliphatic carbocycles. The third-order valence-electron chi connectivity index (χ3n) is 7.14. The van der Waals surface area contributed by atoms with E-state index >= 15 is 0 Å². The van der Waals surface area contributed by atoms with E-state index in [1.165, 1.54) is 22.3 Å². The summed E-state index contributed by atoms with van der Waals surface area (Å²) in [5.41, 5.74) is 5.17. The second kappa shape index (κ2) is 10.6. The first-order valence-electron chi connectivity index (χ1n) is 11.9. The van der Waals surface area contributed by atoms with Crippen molar-refractivity contribution in [1.29, 1.82) is 0 Å². The van der Waals surface area contributed by atoms with Gasteiger partial charge in [-0.2, -0.15) is 0 Å². The van der Waals surface area contributed by atoms with Crippen LogP contribution in [0.15, 0.2) is 121 Å². The normalized spacial score (nSPS) is 11.9. The lowest BCUT2D eigenvalue weighted by atomic mass is 9.73. The number of rotatable bonds is 10. The van der Waals surface area contributed by atoms with Crippen LogP contribution < -0.4 is 0 Å². The van der Waals surface area contributed by atoms with E-state index in [-0.39, 0.29) is 10.8 Å². The van der Waals surface area contributed by atoms with Crippen LogP contribution in [0.5, 0.6) is 0 Å². The molecule has 1 heteroatoms. The molecule has 0 saturated carbocycles. The summed E-state index contributed by atoms with van der Waals surface area (Å²) in [6, 6.07) is 43.2. The van der Waals surface area contributed by atoms with Gasteiger partial charge in [-0.15, -0.1) is 0 Å². The van der Waals surface area contributed by atoms with Crippen LogP contribution in [0.1, 0.15) is 48.9 Å². The molecule has 0 spiro atoms. The first kappa shape index (κ1) is 23.0. The van der Waals surface area contributed by atoms with Gasteiger partial charge in [-0.1, -0.05) is 135 Å². The summed E-state index contributed by atoms with van der Waals surface area (Å²) in [6.45, 7) is 6.11. The van der Waals surface area contributed by atoms with Gasteiger partial charge in [0.15, 0.2) is 0 Å². The minimum absolute atomic E-state index is 0.0787. The van der Waals surface area contributed by atoms with Gasteiger partial charge in [-0.05, 0) is 35.1 Å². The quantitative estimate of drug-likeness (QED) is 0.231. The van der Waals surface area contributed by atoms with Crippen LogP contribution in [0.4, 0.5) is 0 Å². The van der Waals surface area contributed by atoms with E-state index in [1.807, 2.05) is 0 Å². The fraction of sp³-hybridized carbons (Fsp3) is 0.250. The third kappa shape index (κ3) is 5.26. The average Bonchev–Trinajstić information content (AvgIpc) is 2.90. The monoisotopic (exact) mass is 434 g/mol. The predicted molar refractivity (Wildman–Crippen MR) is 139 cm³/mol. The maximum Gasteiger partial charge on any atom is 0.0477 e. The Morgan fingerprint density at radius 3 is 0.909 bits per heavy atom. The second-order valence-corrected chi connectivity index (χ2v) is 9.24. The predicted octanol–water partition coefficient (Wildman–Crippen LogP) is 7.80. The molecule has 4 aromatic rings. The minimum Gasteiger partial charge on any atom is -0.381 e. The van der Waals surface area contributed by atoms with Crippen LogP contribution in [0, 0.1) is 0 Å². The molecule has 0 amide bonds. The Morgan fingerprint density at radius 1 is 0.424 bits per heavy atom. The van der Waals surface area contributed by atoms with Gasteiger partial charge in [0.25, 0.3) is 0 Å². The maximum atomic E-state index is 6.31. The van der Waals surface area contributed by atoms with Gasteiger partial charge in [-0.25, -0.2) is 0 Å². The number of ether oxygens (including phenoxy) is 1. The topological polar surface area (TPSA) is 9.23 Å². The Kier molecular flexibility index (Phi) is 7.42. The summed E-state index contributed by atoms with van der Waals surface area (Å²) < 4.78 is 6.31. The van der Waals surface area contributed by atoms with Crippen LogP contribution in [0.3, 0.4) is 0 Å². The molecule has 0 aliphatic rings. The van der Waals surface area contributed by atoms with Crippen LogP contribution in [0.2, 0.25) is 0 Å². The van der Waals surface area contributed by atoms with Gasteiger partial charge in [0.2, 0.25) is 0 Å². The van der Waals surface area contributed by atoms with E-state index in [9.17, 15) is 0 Å². The SMILES string of the molecule is CC(CCOCCC(C)(c1ccccc1)c1ccccc1)(c1ccccc1)c1ccccc1. The molecule has 0 unspecified atom stereocenters. The van der Waals surface area contributed by atoms with Crippen molar-refractivity contribution in [2.45, 2.75) is 37.5 Å². The smallest absolute Gasteiger partial charge is 0.0477 e. The molecule has 0 atom stereocenters. The zero-order chi connectivity index (χ0) is 23.0. The lowest BCUT2D eigenvalue weighted by Crippen LogP contribution is -2.28. The van der Waals surface area contributed by atoms with E-state index in [2.05, 4.69) is 135 Å². The van der Waals surface area contributed by atoms with E-state index in [0.29, 0.717) is 0 Å². The van der Waals surface area contributed by atoms with E-state index in [0.717, 1.165) is 26.1 Å². The third-order valence-corrected chi connectivity index (χ3v) is 7.14. The van der Waals surface area contributed by atoms with Crippen LogP contribution in [0.25, 0.3) is 0 Å². The molecule has 0 aliphatic heterocycles. The molecule has 168 valence electrons. The summed E-state index contributed by atoms with van der Waals surface area (Å²) >= 11 is 0. The summed E-state index contributed by atoms with van der Waals surface area (Å²) in [5.74, 6) is 0. The summed E-state index contributed by atoms with van der Waals surface area (Å²) in [4.78, 5) is 0. The van der Waals surface area contributed by atoms with Crippen molar-refractivity contribution in [2.75, 3.05) is 13.2 Å². The van der Waals surface area contributed by atoms with Crippen molar-refractivity contribution in [3.63, 3.8) is 0 Å². The van der Waals surface area contributed by atoms with Gasteiger partial charge in [0, 0.05) is 24.0 Å². The molecule has 0 heterocycles. The highest BCUT2D eigenvalue weighted by Crippen LogP contribution is 2.37. The van der Waals surface area contributed by atoms with Crippen molar-refractivity contribution >= 4 is 0 Å². The standard InChI is InChI=1S/C32H34O/c1-31(27-15-7-3-8-16-27,28-17-9-4-10-18-28)23-25-33-26-24-32(2,29-19-11-5-12-20-29)30-21-13-6-14-22-30/h3-22H,23-26H2,1-2H3. The summed E-state index contributed by atoms with van der Waals surface area (Å²) in [5, 5.41) is 0.